The number of esters is 1. The number of hydrogen-bond acceptors (Lipinski definition) is 8. The minimum absolute atomic E-state index is 0.0443. The van der Waals surface area contributed by atoms with Gasteiger partial charge in [0.2, 0.25) is 5.89 Å². The molecular formula is C18H14BrN3O6. The number of halogens is 1. The minimum Gasteiger partial charge on any atom is -0.479 e. The average molecular weight is 448 g/mol. The maximum atomic E-state index is 12.1. The van der Waals surface area contributed by atoms with Crippen LogP contribution in [0.15, 0.2) is 57.4 Å². The van der Waals surface area contributed by atoms with Crippen molar-refractivity contribution in [3.63, 3.8) is 0 Å². The topological polar surface area (TPSA) is 118 Å². The lowest BCUT2D eigenvalue weighted by Crippen LogP contribution is -2.26. The fourth-order valence-electron chi connectivity index (χ4n) is 2.17. The van der Waals surface area contributed by atoms with Gasteiger partial charge in [-0.3, -0.25) is 10.1 Å². The molecule has 1 unspecified atom stereocenters. The summed E-state index contributed by atoms with van der Waals surface area (Å²) in [6.07, 6.45) is -0.821. The molecule has 28 heavy (non-hydrogen) atoms. The van der Waals surface area contributed by atoms with Gasteiger partial charge < -0.3 is 13.9 Å². The van der Waals surface area contributed by atoms with E-state index >= 15 is 0 Å². The molecule has 9 nitrogen and oxygen atoms in total. The lowest BCUT2D eigenvalue weighted by Gasteiger charge is -2.13. The molecule has 0 aliphatic rings. The Hall–Kier alpha value is -3.27. The Bertz CT molecular complexity index is 972. The Morgan fingerprint density at radius 1 is 1.18 bits per heavy atom. The quantitative estimate of drug-likeness (QED) is 0.303. The second-order valence-electron chi connectivity index (χ2n) is 5.63. The molecule has 1 heterocycles. The van der Waals surface area contributed by atoms with E-state index in [2.05, 4.69) is 26.1 Å². The van der Waals surface area contributed by atoms with Crippen LogP contribution in [0.5, 0.6) is 5.75 Å². The third kappa shape index (κ3) is 4.92. The van der Waals surface area contributed by atoms with Gasteiger partial charge in [-0.1, -0.05) is 15.9 Å². The zero-order chi connectivity index (χ0) is 20.1. The van der Waals surface area contributed by atoms with E-state index in [1.54, 1.807) is 31.2 Å². The van der Waals surface area contributed by atoms with Gasteiger partial charge in [0, 0.05) is 22.2 Å². The Morgan fingerprint density at radius 3 is 2.50 bits per heavy atom. The highest BCUT2D eigenvalue weighted by molar-refractivity contribution is 9.10. The second kappa shape index (κ2) is 8.61. The molecule has 10 heteroatoms. The van der Waals surface area contributed by atoms with Crippen molar-refractivity contribution in [1.82, 2.24) is 10.2 Å². The zero-order valence-corrected chi connectivity index (χ0v) is 16.2. The Labute approximate surface area is 167 Å². The summed E-state index contributed by atoms with van der Waals surface area (Å²) in [5, 5.41) is 18.3. The fourth-order valence-corrected chi connectivity index (χ4v) is 2.43. The molecule has 0 N–H and O–H groups in total. The van der Waals surface area contributed by atoms with Gasteiger partial charge in [0.15, 0.2) is 12.7 Å². The molecule has 1 atom stereocenters. The van der Waals surface area contributed by atoms with Gasteiger partial charge in [-0.15, -0.1) is 10.2 Å². The number of hydrogen-bond donors (Lipinski definition) is 0. The molecule has 0 radical (unpaired) electrons. The van der Waals surface area contributed by atoms with Crippen LogP contribution in [-0.2, 0) is 16.1 Å². The first-order valence-corrected chi connectivity index (χ1v) is 8.88. The molecule has 0 bridgehead atoms. The number of rotatable bonds is 7. The van der Waals surface area contributed by atoms with E-state index < -0.39 is 17.0 Å². The van der Waals surface area contributed by atoms with Crippen LogP contribution in [0.4, 0.5) is 5.69 Å². The van der Waals surface area contributed by atoms with Crippen LogP contribution in [0.25, 0.3) is 11.5 Å². The van der Waals surface area contributed by atoms with Crippen LogP contribution in [0.3, 0.4) is 0 Å². The Morgan fingerprint density at radius 2 is 1.86 bits per heavy atom. The molecule has 0 amide bonds. The maximum Gasteiger partial charge on any atom is 0.347 e. The van der Waals surface area contributed by atoms with Crippen molar-refractivity contribution < 1.29 is 23.6 Å². The van der Waals surface area contributed by atoms with Crippen LogP contribution in [0, 0.1) is 10.1 Å². The van der Waals surface area contributed by atoms with Crippen molar-refractivity contribution >= 4 is 27.6 Å². The maximum absolute atomic E-state index is 12.1. The largest absolute Gasteiger partial charge is 0.479 e. The first-order valence-electron chi connectivity index (χ1n) is 8.08. The van der Waals surface area contributed by atoms with E-state index in [4.69, 9.17) is 13.9 Å². The molecule has 0 aliphatic heterocycles. The predicted molar refractivity (Wildman–Crippen MR) is 100 cm³/mol. The molecule has 144 valence electrons. The summed E-state index contributed by atoms with van der Waals surface area (Å²) in [4.78, 5) is 22.2. The molecule has 0 fully saturated rings. The summed E-state index contributed by atoms with van der Waals surface area (Å²) >= 11 is 3.32. The van der Waals surface area contributed by atoms with Crippen molar-refractivity contribution in [2.75, 3.05) is 0 Å². The molecule has 0 saturated heterocycles. The monoisotopic (exact) mass is 447 g/mol. The molecule has 0 aliphatic carbocycles. The first kappa shape index (κ1) is 19.5. The summed E-state index contributed by atoms with van der Waals surface area (Å²) in [6, 6.07) is 12.7. The van der Waals surface area contributed by atoms with Crippen LogP contribution >= 0.6 is 15.9 Å². The Kier molecular flexibility index (Phi) is 5.99. The smallest absolute Gasteiger partial charge is 0.347 e. The third-order valence-electron chi connectivity index (χ3n) is 3.59. The van der Waals surface area contributed by atoms with Crippen LogP contribution in [0.1, 0.15) is 12.8 Å². The van der Waals surface area contributed by atoms with Crippen molar-refractivity contribution in [1.29, 1.82) is 0 Å². The van der Waals surface area contributed by atoms with Crippen molar-refractivity contribution in [3.05, 3.63) is 69.0 Å². The van der Waals surface area contributed by atoms with Gasteiger partial charge in [0.1, 0.15) is 5.75 Å². The number of nitro groups is 1. The molecule has 2 aromatic carbocycles. The number of benzene rings is 2. The molecule has 0 saturated carbocycles. The SMILES string of the molecule is CC(Oc1ccc(Br)cc1)C(=O)OCc1nnc(-c2ccc([N+](=O)[O-])cc2)o1. The van der Waals surface area contributed by atoms with Gasteiger partial charge in [0.05, 0.1) is 4.92 Å². The van der Waals surface area contributed by atoms with Crippen LogP contribution < -0.4 is 4.74 Å². The fraction of sp³-hybridized carbons (Fsp3) is 0.167. The lowest BCUT2D eigenvalue weighted by molar-refractivity contribution is -0.384. The highest BCUT2D eigenvalue weighted by Crippen LogP contribution is 2.22. The van der Waals surface area contributed by atoms with E-state index in [9.17, 15) is 14.9 Å². The number of nitro benzene ring substituents is 1. The average Bonchev–Trinajstić information content (AvgIpc) is 3.17. The standard InChI is InChI=1S/C18H14BrN3O6/c1-11(27-15-8-4-13(19)5-9-15)18(23)26-10-16-20-21-17(28-16)12-2-6-14(7-3-12)22(24)25/h2-9,11H,10H2,1H3. The first-order chi connectivity index (χ1) is 13.4. The van der Waals surface area contributed by atoms with Gasteiger partial charge in [-0.05, 0) is 43.3 Å². The zero-order valence-electron chi connectivity index (χ0n) is 14.6. The molecule has 3 rings (SSSR count). The second-order valence-corrected chi connectivity index (χ2v) is 6.54. The van der Waals surface area contributed by atoms with Gasteiger partial charge in [-0.25, -0.2) is 4.79 Å². The van der Waals surface area contributed by atoms with Gasteiger partial charge in [-0.2, -0.15) is 0 Å². The number of carbonyl (C=O) groups excluding carboxylic acids is 1. The van der Waals surface area contributed by atoms with Crippen molar-refractivity contribution in [3.8, 4) is 17.2 Å². The summed E-state index contributed by atoms with van der Waals surface area (Å²) in [5.41, 5.74) is 0.472. The number of aromatic nitrogens is 2. The summed E-state index contributed by atoms with van der Waals surface area (Å²) in [7, 11) is 0. The summed E-state index contributed by atoms with van der Waals surface area (Å²) in [5.74, 6) is 0.210. The van der Waals surface area contributed by atoms with E-state index in [0.29, 0.717) is 11.3 Å². The summed E-state index contributed by atoms with van der Waals surface area (Å²) in [6.45, 7) is 1.35. The number of ether oxygens (including phenoxy) is 2. The highest BCUT2D eigenvalue weighted by atomic mass is 79.9. The van der Waals surface area contributed by atoms with Crippen molar-refractivity contribution in [2.45, 2.75) is 19.6 Å². The van der Waals surface area contributed by atoms with Crippen molar-refractivity contribution in [2.24, 2.45) is 0 Å². The third-order valence-corrected chi connectivity index (χ3v) is 4.12. The lowest BCUT2D eigenvalue weighted by atomic mass is 10.2. The van der Waals surface area contributed by atoms with E-state index in [0.717, 1.165) is 4.47 Å². The van der Waals surface area contributed by atoms with Gasteiger partial charge >= 0.3 is 5.97 Å². The van der Waals surface area contributed by atoms with E-state index in [1.807, 2.05) is 0 Å². The summed E-state index contributed by atoms with van der Waals surface area (Å²) < 4.78 is 16.9. The van der Waals surface area contributed by atoms with E-state index in [-0.39, 0.29) is 24.1 Å². The molecular weight excluding hydrogens is 434 g/mol. The van der Waals surface area contributed by atoms with Gasteiger partial charge in [0.25, 0.3) is 11.6 Å². The van der Waals surface area contributed by atoms with Crippen LogP contribution in [-0.4, -0.2) is 27.2 Å². The normalized spacial score (nSPS) is 11.6. The number of non-ortho nitro benzene ring substituents is 1. The Balaban J connectivity index is 1.55. The molecule has 3 aromatic rings. The van der Waals surface area contributed by atoms with Crippen LogP contribution in [0.2, 0.25) is 0 Å². The minimum atomic E-state index is -0.821. The predicted octanol–water partition coefficient (Wildman–Crippen LogP) is 3.92. The number of nitrogens with zero attached hydrogens (tertiary/aromatic N) is 3. The van der Waals surface area contributed by atoms with E-state index in [1.165, 1.54) is 24.3 Å². The molecule has 1 aromatic heterocycles. The highest BCUT2D eigenvalue weighted by Gasteiger charge is 2.18. The molecule has 0 spiro atoms. The number of carbonyl (C=O) groups is 1.